The van der Waals surface area contributed by atoms with Gasteiger partial charge in [0.1, 0.15) is 12.6 Å². The molecule has 0 aromatic heterocycles. The third kappa shape index (κ3) is 6.48. The van der Waals surface area contributed by atoms with Crippen LogP contribution in [0.5, 0.6) is 0 Å². The quantitative estimate of drug-likeness (QED) is 0.647. The zero-order valence-corrected chi connectivity index (χ0v) is 15.0. The number of carboxylic acid groups (broad SMARTS) is 1. The summed E-state index contributed by atoms with van der Waals surface area (Å²) in [6.45, 7) is 1.31. The standard InChI is InChI=1S/C19H26N2O5/c1-13(26-16-6-4-2-3-5-7-16)18(24)21-15-10-8-14(9-11-15)19(25)20-12-17(22)23/h8-11,13,16H,2-7,12H2,1H3,(H,20,25)(H,21,24)(H,22,23). The van der Waals surface area contributed by atoms with Gasteiger partial charge in [-0.3, -0.25) is 14.4 Å². The number of carboxylic acids is 1. The molecule has 1 unspecified atom stereocenters. The Morgan fingerprint density at radius 2 is 1.73 bits per heavy atom. The van der Waals surface area contributed by atoms with Crippen LogP contribution < -0.4 is 10.6 Å². The zero-order valence-electron chi connectivity index (χ0n) is 15.0. The van der Waals surface area contributed by atoms with Crippen molar-refractivity contribution >= 4 is 23.5 Å². The second-order valence-electron chi connectivity index (χ2n) is 6.53. The highest BCUT2D eigenvalue weighted by molar-refractivity contribution is 5.97. The van der Waals surface area contributed by atoms with Crippen molar-refractivity contribution in [3.8, 4) is 0 Å². The van der Waals surface area contributed by atoms with Crippen LogP contribution in [0.2, 0.25) is 0 Å². The normalized spacial score (nSPS) is 16.3. The molecule has 142 valence electrons. The fraction of sp³-hybridized carbons (Fsp3) is 0.526. The van der Waals surface area contributed by atoms with Crippen LogP contribution in [0.15, 0.2) is 24.3 Å². The number of carbonyl (C=O) groups is 3. The van der Waals surface area contributed by atoms with Gasteiger partial charge in [-0.2, -0.15) is 0 Å². The van der Waals surface area contributed by atoms with Crippen LogP contribution in [0, 0.1) is 0 Å². The van der Waals surface area contributed by atoms with Crippen molar-refractivity contribution in [1.29, 1.82) is 0 Å². The number of benzene rings is 1. The SMILES string of the molecule is CC(OC1CCCCCC1)C(=O)Nc1ccc(C(=O)NCC(=O)O)cc1. The predicted molar refractivity (Wildman–Crippen MR) is 97.1 cm³/mol. The maximum absolute atomic E-state index is 12.3. The van der Waals surface area contributed by atoms with Gasteiger partial charge in [-0.1, -0.05) is 25.7 Å². The Morgan fingerprint density at radius 1 is 1.12 bits per heavy atom. The Balaban J connectivity index is 1.84. The van der Waals surface area contributed by atoms with Crippen LogP contribution in [0.4, 0.5) is 5.69 Å². The Labute approximate surface area is 153 Å². The average Bonchev–Trinajstić information content (AvgIpc) is 2.88. The summed E-state index contributed by atoms with van der Waals surface area (Å²) in [5, 5.41) is 13.6. The van der Waals surface area contributed by atoms with Crippen molar-refractivity contribution in [3.63, 3.8) is 0 Å². The Kier molecular flexibility index (Phi) is 7.59. The number of aliphatic carboxylic acids is 1. The van der Waals surface area contributed by atoms with Crippen LogP contribution in [0.1, 0.15) is 55.8 Å². The molecule has 0 aliphatic heterocycles. The monoisotopic (exact) mass is 362 g/mol. The number of carbonyl (C=O) groups excluding carboxylic acids is 2. The van der Waals surface area contributed by atoms with E-state index >= 15 is 0 Å². The van der Waals surface area contributed by atoms with Gasteiger partial charge in [-0.05, 0) is 44.0 Å². The maximum atomic E-state index is 12.3. The van der Waals surface area contributed by atoms with Gasteiger partial charge in [0.15, 0.2) is 0 Å². The minimum absolute atomic E-state index is 0.138. The van der Waals surface area contributed by atoms with E-state index in [0.717, 1.165) is 25.7 Å². The molecule has 1 aliphatic rings. The van der Waals surface area contributed by atoms with Crippen LogP contribution in [-0.4, -0.2) is 41.6 Å². The Morgan fingerprint density at radius 3 is 2.31 bits per heavy atom. The lowest BCUT2D eigenvalue weighted by atomic mass is 10.1. The summed E-state index contributed by atoms with van der Waals surface area (Å²) in [4.78, 5) is 34.5. The third-order valence-electron chi connectivity index (χ3n) is 4.38. The van der Waals surface area contributed by atoms with Gasteiger partial charge in [0.25, 0.3) is 11.8 Å². The molecule has 1 atom stereocenters. The number of nitrogens with one attached hydrogen (secondary N) is 2. The summed E-state index contributed by atoms with van der Waals surface area (Å²) < 4.78 is 5.89. The van der Waals surface area contributed by atoms with Gasteiger partial charge in [0.2, 0.25) is 0 Å². The molecule has 1 aromatic rings. The fourth-order valence-electron chi connectivity index (χ4n) is 2.94. The van der Waals surface area contributed by atoms with Crippen molar-refractivity contribution in [1.82, 2.24) is 5.32 Å². The van der Waals surface area contributed by atoms with E-state index < -0.39 is 24.5 Å². The molecular formula is C19H26N2O5. The second kappa shape index (κ2) is 9.91. The van der Waals surface area contributed by atoms with Gasteiger partial charge in [0, 0.05) is 11.3 Å². The maximum Gasteiger partial charge on any atom is 0.322 e. The first-order valence-corrected chi connectivity index (χ1v) is 9.02. The first-order valence-electron chi connectivity index (χ1n) is 9.02. The van der Waals surface area contributed by atoms with Gasteiger partial charge in [0.05, 0.1) is 6.10 Å². The van der Waals surface area contributed by atoms with Crippen molar-refractivity contribution in [3.05, 3.63) is 29.8 Å². The molecule has 7 heteroatoms. The Bertz CT molecular complexity index is 621. The van der Waals surface area contributed by atoms with Crippen molar-refractivity contribution < 1.29 is 24.2 Å². The van der Waals surface area contributed by atoms with E-state index in [2.05, 4.69) is 10.6 Å². The first-order chi connectivity index (χ1) is 12.5. The predicted octanol–water partition coefficient (Wildman–Crippen LogP) is 2.57. The van der Waals surface area contributed by atoms with Gasteiger partial charge < -0.3 is 20.5 Å². The van der Waals surface area contributed by atoms with Gasteiger partial charge >= 0.3 is 5.97 Å². The number of anilines is 1. The summed E-state index contributed by atoms with van der Waals surface area (Å²) in [6.07, 6.45) is 6.33. The fourth-order valence-corrected chi connectivity index (χ4v) is 2.94. The molecule has 3 N–H and O–H groups in total. The number of rotatable bonds is 7. The van der Waals surface area contributed by atoms with Crippen LogP contribution >= 0.6 is 0 Å². The molecule has 1 fully saturated rings. The summed E-state index contributed by atoms with van der Waals surface area (Å²) in [5.74, 6) is -1.81. The van der Waals surface area contributed by atoms with E-state index in [1.54, 1.807) is 19.1 Å². The van der Waals surface area contributed by atoms with Crippen LogP contribution in [0.3, 0.4) is 0 Å². The molecule has 1 aliphatic carbocycles. The molecule has 7 nitrogen and oxygen atoms in total. The highest BCUT2D eigenvalue weighted by Gasteiger charge is 2.20. The van der Waals surface area contributed by atoms with E-state index in [4.69, 9.17) is 9.84 Å². The molecule has 0 heterocycles. The highest BCUT2D eigenvalue weighted by atomic mass is 16.5. The van der Waals surface area contributed by atoms with Gasteiger partial charge in [-0.15, -0.1) is 0 Å². The molecule has 1 saturated carbocycles. The molecule has 2 amide bonds. The number of amides is 2. The van der Waals surface area contributed by atoms with E-state index in [-0.39, 0.29) is 12.0 Å². The van der Waals surface area contributed by atoms with Crippen LogP contribution in [0.25, 0.3) is 0 Å². The van der Waals surface area contributed by atoms with E-state index in [1.165, 1.54) is 25.0 Å². The third-order valence-corrected chi connectivity index (χ3v) is 4.38. The lowest BCUT2D eigenvalue weighted by Gasteiger charge is -2.20. The topological polar surface area (TPSA) is 105 Å². The molecule has 1 aromatic carbocycles. The number of hydrogen-bond donors (Lipinski definition) is 3. The summed E-state index contributed by atoms with van der Waals surface area (Å²) >= 11 is 0. The largest absolute Gasteiger partial charge is 0.480 e. The molecule has 26 heavy (non-hydrogen) atoms. The van der Waals surface area contributed by atoms with Crippen molar-refractivity contribution in [2.45, 2.75) is 57.7 Å². The first kappa shape index (κ1) is 19.9. The van der Waals surface area contributed by atoms with E-state index in [9.17, 15) is 14.4 Å². The molecule has 0 radical (unpaired) electrons. The van der Waals surface area contributed by atoms with E-state index in [0.29, 0.717) is 11.3 Å². The second-order valence-corrected chi connectivity index (χ2v) is 6.53. The van der Waals surface area contributed by atoms with Crippen molar-refractivity contribution in [2.24, 2.45) is 0 Å². The minimum atomic E-state index is -1.11. The molecule has 2 rings (SSSR count). The molecule has 0 bridgehead atoms. The lowest BCUT2D eigenvalue weighted by molar-refractivity contribution is -0.135. The van der Waals surface area contributed by atoms with Gasteiger partial charge in [-0.25, -0.2) is 0 Å². The summed E-state index contributed by atoms with van der Waals surface area (Å²) in [6, 6.07) is 6.27. The number of ether oxygens (including phenoxy) is 1. The summed E-state index contributed by atoms with van der Waals surface area (Å²) in [7, 11) is 0. The average molecular weight is 362 g/mol. The van der Waals surface area contributed by atoms with Crippen LogP contribution in [-0.2, 0) is 14.3 Å². The number of hydrogen-bond acceptors (Lipinski definition) is 4. The highest BCUT2D eigenvalue weighted by Crippen LogP contribution is 2.21. The molecular weight excluding hydrogens is 336 g/mol. The molecule has 0 spiro atoms. The van der Waals surface area contributed by atoms with Crippen molar-refractivity contribution in [2.75, 3.05) is 11.9 Å². The smallest absolute Gasteiger partial charge is 0.322 e. The van der Waals surface area contributed by atoms with E-state index in [1.807, 2.05) is 0 Å². The zero-order chi connectivity index (χ0) is 18.9. The molecule has 0 saturated heterocycles. The lowest BCUT2D eigenvalue weighted by Crippen LogP contribution is -2.31. The minimum Gasteiger partial charge on any atom is -0.480 e. The Hall–Kier alpha value is -2.41. The summed E-state index contributed by atoms with van der Waals surface area (Å²) in [5.41, 5.74) is 0.883.